The second kappa shape index (κ2) is 2.85. The van der Waals surface area contributed by atoms with Gasteiger partial charge < -0.3 is 5.32 Å². The van der Waals surface area contributed by atoms with E-state index in [1.165, 1.54) is 6.92 Å². The molecule has 64 valence electrons. The SMILES string of the molecule is C=S1(=O)CCC(NC(C)=O)C1. The van der Waals surface area contributed by atoms with E-state index in [0.29, 0.717) is 11.5 Å². The van der Waals surface area contributed by atoms with Crippen LogP contribution < -0.4 is 5.32 Å². The Morgan fingerprint density at radius 2 is 2.36 bits per heavy atom. The van der Waals surface area contributed by atoms with Crippen molar-refractivity contribution in [2.24, 2.45) is 0 Å². The van der Waals surface area contributed by atoms with E-state index in [0.717, 1.165) is 6.42 Å². The quantitative estimate of drug-likeness (QED) is 0.552. The monoisotopic (exact) mass is 175 g/mol. The van der Waals surface area contributed by atoms with Gasteiger partial charge in [0.05, 0.1) is 0 Å². The van der Waals surface area contributed by atoms with Gasteiger partial charge in [0.15, 0.2) is 0 Å². The van der Waals surface area contributed by atoms with Crippen LogP contribution in [0.4, 0.5) is 0 Å². The lowest BCUT2D eigenvalue weighted by Crippen LogP contribution is -2.33. The van der Waals surface area contributed by atoms with Crippen molar-refractivity contribution in [1.82, 2.24) is 5.32 Å². The van der Waals surface area contributed by atoms with Crippen molar-refractivity contribution in [2.75, 3.05) is 11.5 Å². The number of hydrogen-bond donors (Lipinski definition) is 1. The summed E-state index contributed by atoms with van der Waals surface area (Å²) in [5, 5.41) is 2.74. The Labute approximate surface area is 67.2 Å². The number of carbonyl (C=O) groups is 1. The van der Waals surface area contributed by atoms with E-state index in [1.807, 2.05) is 0 Å². The van der Waals surface area contributed by atoms with Crippen LogP contribution in [0.3, 0.4) is 0 Å². The zero-order valence-corrected chi connectivity index (χ0v) is 7.45. The van der Waals surface area contributed by atoms with Crippen molar-refractivity contribution >= 4 is 21.3 Å². The summed E-state index contributed by atoms with van der Waals surface area (Å²) in [4.78, 5) is 10.6. The van der Waals surface area contributed by atoms with E-state index in [9.17, 15) is 9.00 Å². The van der Waals surface area contributed by atoms with Gasteiger partial charge in [-0.05, 0) is 21.8 Å². The van der Waals surface area contributed by atoms with E-state index in [2.05, 4.69) is 11.2 Å². The summed E-state index contributed by atoms with van der Waals surface area (Å²) in [6.45, 7) is 1.48. The second-order valence-corrected chi connectivity index (χ2v) is 5.70. The molecule has 1 heterocycles. The highest BCUT2D eigenvalue weighted by Crippen LogP contribution is 2.10. The molecule has 1 saturated heterocycles. The summed E-state index contributed by atoms with van der Waals surface area (Å²) in [6.07, 6.45) is 0.807. The van der Waals surface area contributed by atoms with Crippen molar-refractivity contribution in [3.63, 3.8) is 0 Å². The summed E-state index contributed by atoms with van der Waals surface area (Å²) in [7, 11) is -1.86. The first-order chi connectivity index (χ1) is 4.99. The Balaban J connectivity index is 2.49. The number of rotatable bonds is 1. The molecule has 0 radical (unpaired) electrons. The molecule has 4 heteroatoms. The molecule has 0 aromatic heterocycles. The standard InChI is InChI=1S/C7H13NO2S/c1-6(9)8-7-3-4-11(2,10)5-7/h7H,2-5H2,1H3,(H,8,9). The van der Waals surface area contributed by atoms with Crippen LogP contribution in [0.15, 0.2) is 0 Å². The molecule has 0 aliphatic carbocycles. The average Bonchev–Trinajstić information content (AvgIpc) is 2.08. The summed E-state index contributed by atoms with van der Waals surface area (Å²) in [6, 6.07) is 0.0949. The van der Waals surface area contributed by atoms with Crippen LogP contribution in [-0.2, 0) is 14.3 Å². The van der Waals surface area contributed by atoms with Gasteiger partial charge in [0.25, 0.3) is 0 Å². The molecule has 1 aliphatic rings. The molecule has 11 heavy (non-hydrogen) atoms. The van der Waals surface area contributed by atoms with Gasteiger partial charge >= 0.3 is 0 Å². The van der Waals surface area contributed by atoms with Crippen LogP contribution in [0.2, 0.25) is 0 Å². The topological polar surface area (TPSA) is 46.2 Å². The molecule has 0 bridgehead atoms. The van der Waals surface area contributed by atoms with Crippen LogP contribution in [0.1, 0.15) is 13.3 Å². The zero-order chi connectivity index (χ0) is 8.48. The molecule has 0 spiro atoms. The highest BCUT2D eigenvalue weighted by Gasteiger charge is 2.23. The third kappa shape index (κ3) is 2.54. The van der Waals surface area contributed by atoms with E-state index in [1.54, 1.807) is 0 Å². The van der Waals surface area contributed by atoms with Crippen LogP contribution >= 0.6 is 0 Å². The van der Waals surface area contributed by atoms with Crippen molar-refractivity contribution in [3.05, 3.63) is 0 Å². The first kappa shape index (κ1) is 8.59. The molecule has 1 rings (SSSR count). The van der Waals surface area contributed by atoms with Crippen LogP contribution in [0.25, 0.3) is 0 Å². The van der Waals surface area contributed by atoms with Gasteiger partial charge in [-0.2, -0.15) is 0 Å². The molecule has 1 aliphatic heterocycles. The Kier molecular flexibility index (Phi) is 2.23. The minimum Gasteiger partial charge on any atom is -0.353 e. The number of carbonyl (C=O) groups excluding carboxylic acids is 1. The lowest BCUT2D eigenvalue weighted by atomic mass is 10.3. The maximum atomic E-state index is 11.3. The van der Waals surface area contributed by atoms with Gasteiger partial charge in [0, 0.05) is 24.5 Å². The maximum absolute atomic E-state index is 11.3. The van der Waals surface area contributed by atoms with Gasteiger partial charge in [-0.25, -0.2) is 0 Å². The van der Waals surface area contributed by atoms with Crippen LogP contribution in [0, 0.1) is 0 Å². The second-order valence-electron chi connectivity index (χ2n) is 3.02. The van der Waals surface area contributed by atoms with E-state index in [4.69, 9.17) is 0 Å². The van der Waals surface area contributed by atoms with E-state index >= 15 is 0 Å². The fourth-order valence-electron chi connectivity index (χ4n) is 1.29. The number of nitrogens with one attached hydrogen (secondary N) is 1. The van der Waals surface area contributed by atoms with Crippen molar-refractivity contribution < 1.29 is 9.00 Å². The van der Waals surface area contributed by atoms with E-state index in [-0.39, 0.29) is 11.9 Å². The first-order valence-corrected chi connectivity index (χ1v) is 5.66. The molecule has 0 aromatic carbocycles. The van der Waals surface area contributed by atoms with Crippen LogP contribution in [-0.4, -0.2) is 33.5 Å². The molecule has 2 unspecified atom stereocenters. The van der Waals surface area contributed by atoms with Crippen molar-refractivity contribution in [1.29, 1.82) is 0 Å². The molecule has 1 fully saturated rings. The highest BCUT2D eigenvalue weighted by molar-refractivity contribution is 8.00. The Morgan fingerprint density at radius 1 is 1.73 bits per heavy atom. The summed E-state index contributed by atoms with van der Waals surface area (Å²) >= 11 is 0. The van der Waals surface area contributed by atoms with E-state index < -0.39 is 9.52 Å². The Hall–Kier alpha value is -0.510. The number of amides is 1. The molecule has 0 saturated carbocycles. The lowest BCUT2D eigenvalue weighted by molar-refractivity contribution is -0.119. The molecular formula is C7H13NO2S. The minimum absolute atomic E-state index is 0.0490. The fraction of sp³-hybridized carbons (Fsp3) is 0.714. The predicted molar refractivity (Wildman–Crippen MR) is 47.2 cm³/mol. The van der Waals surface area contributed by atoms with Crippen molar-refractivity contribution in [2.45, 2.75) is 19.4 Å². The molecule has 1 amide bonds. The Morgan fingerprint density at radius 3 is 2.73 bits per heavy atom. The van der Waals surface area contributed by atoms with Gasteiger partial charge in [-0.15, -0.1) is 0 Å². The molecule has 1 N–H and O–H groups in total. The maximum Gasteiger partial charge on any atom is 0.217 e. The minimum atomic E-state index is -1.86. The highest BCUT2D eigenvalue weighted by atomic mass is 32.2. The lowest BCUT2D eigenvalue weighted by Gasteiger charge is -2.07. The molecule has 3 nitrogen and oxygen atoms in total. The summed E-state index contributed by atoms with van der Waals surface area (Å²) in [5.41, 5.74) is 0. The summed E-state index contributed by atoms with van der Waals surface area (Å²) in [5.74, 6) is 4.75. The third-order valence-corrected chi connectivity index (χ3v) is 3.74. The van der Waals surface area contributed by atoms with Crippen LogP contribution in [0.5, 0.6) is 0 Å². The average molecular weight is 175 g/mol. The normalized spacial score (nSPS) is 37.0. The molecule has 0 aromatic rings. The number of hydrogen-bond acceptors (Lipinski definition) is 2. The summed E-state index contributed by atoms with van der Waals surface area (Å²) < 4.78 is 11.3. The smallest absolute Gasteiger partial charge is 0.217 e. The van der Waals surface area contributed by atoms with Crippen molar-refractivity contribution in [3.8, 4) is 0 Å². The Bertz CT molecular complexity index is 256. The first-order valence-electron chi connectivity index (χ1n) is 3.59. The third-order valence-electron chi connectivity index (χ3n) is 1.75. The molecule has 2 atom stereocenters. The predicted octanol–water partition coefficient (Wildman–Crippen LogP) is -0.389. The fourth-order valence-corrected chi connectivity index (χ4v) is 3.16. The van der Waals surface area contributed by atoms with Gasteiger partial charge in [-0.1, -0.05) is 0 Å². The van der Waals surface area contributed by atoms with Gasteiger partial charge in [0.2, 0.25) is 5.91 Å². The zero-order valence-electron chi connectivity index (χ0n) is 6.63. The largest absolute Gasteiger partial charge is 0.353 e. The van der Waals surface area contributed by atoms with Gasteiger partial charge in [-0.3, -0.25) is 9.00 Å². The van der Waals surface area contributed by atoms with Gasteiger partial charge in [0.1, 0.15) is 0 Å². The molecular weight excluding hydrogens is 162 g/mol.